The minimum Gasteiger partial charge on any atom is -0.372 e. The van der Waals surface area contributed by atoms with Crippen molar-refractivity contribution in [2.75, 3.05) is 23.3 Å². The summed E-state index contributed by atoms with van der Waals surface area (Å²) < 4.78 is 13.2. The molecule has 0 spiro atoms. The lowest BCUT2D eigenvalue weighted by molar-refractivity contribution is -0.115. The summed E-state index contributed by atoms with van der Waals surface area (Å²) in [4.78, 5) is 14.5. The Balaban J connectivity index is 1.66. The Labute approximate surface area is 136 Å². The zero-order chi connectivity index (χ0) is 16.2. The quantitative estimate of drug-likeness (QED) is 0.928. The highest BCUT2D eigenvalue weighted by Crippen LogP contribution is 2.25. The van der Waals surface area contributed by atoms with E-state index in [2.05, 4.69) is 22.3 Å². The fourth-order valence-electron chi connectivity index (χ4n) is 2.99. The van der Waals surface area contributed by atoms with Gasteiger partial charge in [-0.2, -0.15) is 0 Å². The molecule has 2 aromatic carbocycles. The second-order valence-electron chi connectivity index (χ2n) is 6.05. The molecule has 23 heavy (non-hydrogen) atoms. The molecule has 1 aliphatic heterocycles. The van der Waals surface area contributed by atoms with Gasteiger partial charge in [0, 0.05) is 24.5 Å². The maximum absolute atomic E-state index is 13.2. The molecule has 1 heterocycles. The van der Waals surface area contributed by atoms with E-state index < -0.39 is 0 Å². The summed E-state index contributed by atoms with van der Waals surface area (Å²) in [6, 6.07) is 12.3. The molecule has 0 radical (unpaired) electrons. The molecule has 0 unspecified atom stereocenters. The van der Waals surface area contributed by atoms with E-state index in [1.807, 2.05) is 13.0 Å². The van der Waals surface area contributed by atoms with Gasteiger partial charge in [-0.25, -0.2) is 4.39 Å². The second-order valence-corrected chi connectivity index (χ2v) is 6.05. The van der Waals surface area contributed by atoms with Gasteiger partial charge in [0.2, 0.25) is 5.91 Å². The molecular formula is C19H21FN2O. The number of anilines is 2. The predicted molar refractivity (Wildman–Crippen MR) is 91.4 cm³/mol. The van der Waals surface area contributed by atoms with Crippen LogP contribution in [0.4, 0.5) is 15.8 Å². The topological polar surface area (TPSA) is 32.3 Å². The van der Waals surface area contributed by atoms with Crippen molar-refractivity contribution in [2.24, 2.45) is 0 Å². The third kappa shape index (κ3) is 3.89. The minimum absolute atomic E-state index is 0.132. The second kappa shape index (κ2) is 6.82. The van der Waals surface area contributed by atoms with Crippen LogP contribution in [0.25, 0.3) is 0 Å². The number of hydrogen-bond acceptors (Lipinski definition) is 2. The van der Waals surface area contributed by atoms with Gasteiger partial charge in [0.05, 0.1) is 6.42 Å². The molecular weight excluding hydrogens is 291 g/mol. The fraction of sp³-hybridized carbons (Fsp3) is 0.316. The van der Waals surface area contributed by atoms with Crippen molar-refractivity contribution in [1.29, 1.82) is 0 Å². The van der Waals surface area contributed by atoms with Crippen LogP contribution in [0.3, 0.4) is 0 Å². The maximum Gasteiger partial charge on any atom is 0.228 e. The first-order valence-corrected chi connectivity index (χ1v) is 8.02. The van der Waals surface area contributed by atoms with Crippen LogP contribution in [0.2, 0.25) is 0 Å². The molecule has 4 heteroatoms. The predicted octanol–water partition coefficient (Wildman–Crippen LogP) is 3.92. The highest BCUT2D eigenvalue weighted by molar-refractivity contribution is 5.93. The van der Waals surface area contributed by atoms with E-state index in [4.69, 9.17) is 0 Å². The van der Waals surface area contributed by atoms with Crippen LogP contribution < -0.4 is 10.2 Å². The van der Waals surface area contributed by atoms with Gasteiger partial charge in [-0.15, -0.1) is 0 Å². The average Bonchev–Trinajstić information content (AvgIpc) is 3.03. The van der Waals surface area contributed by atoms with Crippen LogP contribution in [0, 0.1) is 12.7 Å². The van der Waals surface area contributed by atoms with Crippen molar-refractivity contribution in [3.63, 3.8) is 0 Å². The molecule has 120 valence electrons. The molecule has 0 bridgehead atoms. The number of rotatable bonds is 4. The molecule has 1 N–H and O–H groups in total. The summed E-state index contributed by atoms with van der Waals surface area (Å²) in [5.41, 5.74) is 3.74. The van der Waals surface area contributed by atoms with Crippen LogP contribution in [-0.2, 0) is 11.2 Å². The monoisotopic (exact) mass is 312 g/mol. The van der Waals surface area contributed by atoms with Crippen molar-refractivity contribution in [1.82, 2.24) is 0 Å². The van der Waals surface area contributed by atoms with Crippen molar-refractivity contribution in [2.45, 2.75) is 26.2 Å². The van der Waals surface area contributed by atoms with Gasteiger partial charge in [-0.3, -0.25) is 4.79 Å². The molecule has 1 fully saturated rings. The molecule has 0 saturated carbocycles. The number of carbonyl (C=O) groups excluding carboxylic acids is 1. The molecule has 0 aromatic heterocycles. The van der Waals surface area contributed by atoms with Crippen molar-refractivity contribution >= 4 is 17.3 Å². The van der Waals surface area contributed by atoms with Crippen molar-refractivity contribution in [3.05, 3.63) is 59.4 Å². The SMILES string of the molecule is Cc1cc(N2CCCC2)ccc1NC(=O)Cc1cccc(F)c1. The van der Waals surface area contributed by atoms with Gasteiger partial charge in [0.1, 0.15) is 5.82 Å². The lowest BCUT2D eigenvalue weighted by atomic mass is 10.1. The average molecular weight is 312 g/mol. The van der Waals surface area contributed by atoms with Gasteiger partial charge in [-0.1, -0.05) is 12.1 Å². The highest BCUT2D eigenvalue weighted by Gasteiger charge is 2.13. The number of benzene rings is 2. The molecule has 1 saturated heterocycles. The van der Waals surface area contributed by atoms with E-state index in [9.17, 15) is 9.18 Å². The first-order valence-electron chi connectivity index (χ1n) is 8.02. The van der Waals surface area contributed by atoms with Crippen LogP contribution in [0.5, 0.6) is 0 Å². The van der Waals surface area contributed by atoms with E-state index in [1.165, 1.54) is 30.7 Å². The normalized spacial score (nSPS) is 14.1. The molecule has 1 aliphatic rings. The van der Waals surface area contributed by atoms with Gasteiger partial charge in [0.15, 0.2) is 0 Å². The number of nitrogens with one attached hydrogen (secondary N) is 1. The number of amides is 1. The lowest BCUT2D eigenvalue weighted by Crippen LogP contribution is -2.18. The summed E-state index contributed by atoms with van der Waals surface area (Å²) in [7, 11) is 0. The number of aryl methyl sites for hydroxylation is 1. The van der Waals surface area contributed by atoms with Crippen LogP contribution in [0.1, 0.15) is 24.0 Å². The third-order valence-corrected chi connectivity index (χ3v) is 4.21. The Morgan fingerprint density at radius 2 is 1.96 bits per heavy atom. The van der Waals surface area contributed by atoms with Gasteiger partial charge < -0.3 is 10.2 Å². The number of carbonyl (C=O) groups is 1. The first kappa shape index (κ1) is 15.5. The lowest BCUT2D eigenvalue weighted by Gasteiger charge is -2.19. The van der Waals surface area contributed by atoms with Crippen molar-refractivity contribution < 1.29 is 9.18 Å². The molecule has 2 aromatic rings. The summed E-state index contributed by atoms with van der Waals surface area (Å²) >= 11 is 0. The Kier molecular flexibility index (Phi) is 4.60. The number of hydrogen-bond donors (Lipinski definition) is 1. The highest BCUT2D eigenvalue weighted by atomic mass is 19.1. The summed E-state index contributed by atoms with van der Waals surface area (Å²) in [5.74, 6) is -0.450. The Hall–Kier alpha value is -2.36. The molecule has 0 aliphatic carbocycles. The summed E-state index contributed by atoms with van der Waals surface area (Å²) in [5, 5.41) is 2.92. The van der Waals surface area contributed by atoms with Gasteiger partial charge in [-0.05, 0) is 61.2 Å². The smallest absolute Gasteiger partial charge is 0.228 e. The van der Waals surface area contributed by atoms with E-state index in [0.29, 0.717) is 5.56 Å². The molecule has 3 nitrogen and oxygen atoms in total. The fourth-order valence-corrected chi connectivity index (χ4v) is 2.99. The minimum atomic E-state index is -0.318. The van der Waals surface area contributed by atoms with Crippen LogP contribution in [-0.4, -0.2) is 19.0 Å². The van der Waals surface area contributed by atoms with Gasteiger partial charge >= 0.3 is 0 Å². The van der Waals surface area contributed by atoms with E-state index in [1.54, 1.807) is 12.1 Å². The zero-order valence-electron chi connectivity index (χ0n) is 13.3. The first-order chi connectivity index (χ1) is 11.1. The summed E-state index contributed by atoms with van der Waals surface area (Å²) in [6.45, 7) is 4.20. The van der Waals surface area contributed by atoms with Gasteiger partial charge in [0.25, 0.3) is 0 Å². The Bertz CT molecular complexity index is 708. The maximum atomic E-state index is 13.2. The molecule has 0 atom stereocenters. The molecule has 3 rings (SSSR count). The zero-order valence-corrected chi connectivity index (χ0v) is 13.3. The summed E-state index contributed by atoms with van der Waals surface area (Å²) in [6.07, 6.45) is 2.65. The Morgan fingerprint density at radius 1 is 1.17 bits per heavy atom. The third-order valence-electron chi connectivity index (χ3n) is 4.21. The van der Waals surface area contributed by atoms with E-state index >= 15 is 0 Å². The number of nitrogens with zero attached hydrogens (tertiary/aromatic N) is 1. The van der Waals surface area contributed by atoms with E-state index in [0.717, 1.165) is 24.3 Å². The van der Waals surface area contributed by atoms with Crippen LogP contribution in [0.15, 0.2) is 42.5 Å². The standard InChI is InChI=1S/C19H21FN2O/c1-14-11-17(22-9-2-3-10-22)7-8-18(14)21-19(23)13-15-5-4-6-16(20)12-15/h4-8,11-12H,2-3,9-10,13H2,1H3,(H,21,23). The van der Waals surface area contributed by atoms with Crippen LogP contribution >= 0.6 is 0 Å². The Morgan fingerprint density at radius 3 is 2.65 bits per heavy atom. The van der Waals surface area contributed by atoms with Crippen molar-refractivity contribution in [3.8, 4) is 0 Å². The number of halogens is 1. The largest absolute Gasteiger partial charge is 0.372 e. The van der Waals surface area contributed by atoms with E-state index in [-0.39, 0.29) is 18.1 Å². The molecule has 1 amide bonds.